The Morgan fingerprint density at radius 1 is 0.825 bits per heavy atom. The third kappa shape index (κ3) is 6.56. The van der Waals surface area contributed by atoms with E-state index in [1.54, 1.807) is 10.7 Å². The number of anilines is 2. The number of nitrogens with one attached hydrogen (secondary N) is 1. The number of rotatable bonds is 8. The highest BCUT2D eigenvalue weighted by molar-refractivity contribution is 6.23. The molecule has 1 N–H and O–H groups in total. The summed E-state index contributed by atoms with van der Waals surface area (Å²) in [5, 5.41) is 6.67. The van der Waals surface area contributed by atoms with E-state index in [2.05, 4.69) is 25.1 Å². The van der Waals surface area contributed by atoms with Crippen LogP contribution in [0.2, 0.25) is 0 Å². The average Bonchev–Trinajstić information content (AvgIpc) is 3.92. The number of hydrogen-bond donors (Lipinski definition) is 1. The largest absolute Gasteiger partial charge is 0.356 e. The van der Waals surface area contributed by atoms with Crippen LogP contribution in [0.1, 0.15) is 76.4 Å². The van der Waals surface area contributed by atoms with Crippen LogP contribution in [-0.2, 0) is 16.1 Å². The predicted molar refractivity (Wildman–Crippen MR) is 202 cm³/mol. The zero-order valence-corrected chi connectivity index (χ0v) is 31.0. The van der Waals surface area contributed by atoms with Gasteiger partial charge in [-0.15, -0.1) is 0 Å². The molecule has 9 rings (SSSR count). The minimum Gasteiger partial charge on any atom is -0.356 e. The minimum atomic E-state index is -1.17. The molecule has 292 valence electrons. The maximum absolute atomic E-state index is 15.4. The second-order valence-corrected chi connectivity index (χ2v) is 15.1. The number of fused-ring (bicyclic) bond motifs is 2. The van der Waals surface area contributed by atoms with Crippen LogP contribution in [0.15, 0.2) is 67.0 Å². The van der Waals surface area contributed by atoms with Gasteiger partial charge in [-0.2, -0.15) is 5.10 Å². The van der Waals surface area contributed by atoms with Gasteiger partial charge in [-0.3, -0.25) is 34.3 Å². The van der Waals surface area contributed by atoms with Gasteiger partial charge < -0.3 is 9.80 Å². The standard InChI is InChI=1S/C41H38F3N9O4/c1-49(22-23-18-27-37(30(44)19-23)41(57)53(40(27)56)33-9-10-36(54)48-39(33)55)25-11-15-50(16-12-25)34-6-2-4-31(46-34)28-21-45-52-17-13-35(47-38(28)52)51-14-3-5-32(51)26-8-7-24(42)20-29(26)43/h2,4,6-8,13,17-21,25,32-33H,3,5,9-12,14-16,22H2,1H3,(H,48,54,55)/t32-,33?/m1/s1. The quantitative estimate of drug-likeness (QED) is 0.213. The molecule has 2 aromatic carbocycles. The van der Waals surface area contributed by atoms with Crippen LogP contribution in [0, 0.1) is 17.5 Å². The van der Waals surface area contributed by atoms with Gasteiger partial charge in [0, 0.05) is 56.5 Å². The number of nitrogens with zero attached hydrogens (tertiary/aromatic N) is 8. The molecule has 0 bridgehead atoms. The van der Waals surface area contributed by atoms with Crippen molar-refractivity contribution in [1.29, 1.82) is 0 Å². The van der Waals surface area contributed by atoms with Gasteiger partial charge in [-0.25, -0.2) is 27.7 Å². The minimum absolute atomic E-state index is 0.00496. The number of halogens is 3. The van der Waals surface area contributed by atoms with Crippen molar-refractivity contribution in [3.8, 4) is 11.3 Å². The molecule has 5 aromatic rings. The monoisotopic (exact) mass is 777 g/mol. The molecule has 3 fully saturated rings. The van der Waals surface area contributed by atoms with Crippen molar-refractivity contribution in [2.45, 2.75) is 63.2 Å². The van der Waals surface area contributed by atoms with Gasteiger partial charge in [0.1, 0.15) is 35.1 Å². The zero-order valence-electron chi connectivity index (χ0n) is 31.0. The van der Waals surface area contributed by atoms with Crippen molar-refractivity contribution >= 4 is 40.9 Å². The Kier molecular flexibility index (Phi) is 9.22. The van der Waals surface area contributed by atoms with Crippen LogP contribution in [0.4, 0.5) is 24.8 Å². The van der Waals surface area contributed by atoms with E-state index in [9.17, 15) is 28.0 Å². The lowest BCUT2D eigenvalue weighted by atomic mass is 10.0. The smallest absolute Gasteiger partial charge is 0.265 e. The summed E-state index contributed by atoms with van der Waals surface area (Å²) in [4.78, 5) is 67.6. The highest BCUT2D eigenvalue weighted by atomic mass is 19.1. The molecule has 13 nitrogen and oxygen atoms in total. The third-order valence-corrected chi connectivity index (χ3v) is 11.6. The fourth-order valence-corrected chi connectivity index (χ4v) is 8.73. The first kappa shape index (κ1) is 36.5. The van der Waals surface area contributed by atoms with E-state index in [0.29, 0.717) is 54.5 Å². The van der Waals surface area contributed by atoms with E-state index >= 15 is 4.39 Å². The van der Waals surface area contributed by atoms with Crippen LogP contribution in [0.3, 0.4) is 0 Å². The third-order valence-electron chi connectivity index (χ3n) is 11.6. The second kappa shape index (κ2) is 14.4. The number of carbonyl (C=O) groups excluding carboxylic acids is 4. The molecule has 7 heterocycles. The summed E-state index contributed by atoms with van der Waals surface area (Å²) in [5.74, 6) is -3.34. The van der Waals surface area contributed by atoms with E-state index in [1.807, 2.05) is 37.5 Å². The Labute approximate surface area is 325 Å². The van der Waals surface area contributed by atoms with Gasteiger partial charge in [0.25, 0.3) is 11.8 Å². The lowest BCUT2D eigenvalue weighted by Gasteiger charge is -2.37. The summed E-state index contributed by atoms with van der Waals surface area (Å²) in [6, 6.07) is 12.9. The zero-order chi connectivity index (χ0) is 39.5. The molecule has 0 aliphatic carbocycles. The summed E-state index contributed by atoms with van der Waals surface area (Å²) in [5.41, 5.74) is 2.62. The summed E-state index contributed by atoms with van der Waals surface area (Å²) in [6.07, 6.45) is 6.70. The van der Waals surface area contributed by atoms with Gasteiger partial charge in [-0.05, 0) is 81.1 Å². The number of benzene rings is 2. The van der Waals surface area contributed by atoms with Crippen molar-refractivity contribution in [2.24, 2.45) is 0 Å². The maximum atomic E-state index is 15.4. The lowest BCUT2D eigenvalue weighted by Crippen LogP contribution is -2.54. The van der Waals surface area contributed by atoms with Crippen molar-refractivity contribution in [3.63, 3.8) is 0 Å². The predicted octanol–water partition coefficient (Wildman–Crippen LogP) is 5.05. The van der Waals surface area contributed by atoms with E-state index in [-0.39, 0.29) is 36.1 Å². The Bertz CT molecular complexity index is 2470. The molecule has 2 atom stereocenters. The van der Waals surface area contributed by atoms with Crippen molar-refractivity contribution in [3.05, 3.63) is 107 Å². The highest BCUT2D eigenvalue weighted by Crippen LogP contribution is 2.38. The maximum Gasteiger partial charge on any atom is 0.265 e. The first-order valence-electron chi connectivity index (χ1n) is 19.1. The molecule has 4 aliphatic heterocycles. The van der Waals surface area contributed by atoms with E-state index in [4.69, 9.17) is 9.97 Å². The molecule has 0 radical (unpaired) electrons. The highest BCUT2D eigenvalue weighted by Gasteiger charge is 2.46. The number of hydrogen-bond acceptors (Lipinski definition) is 10. The van der Waals surface area contributed by atoms with Crippen molar-refractivity contribution in [1.82, 2.24) is 34.7 Å². The molecule has 4 amide bonds. The molecular formula is C41H38F3N9O4. The van der Waals surface area contributed by atoms with Gasteiger partial charge >= 0.3 is 0 Å². The van der Waals surface area contributed by atoms with Gasteiger partial charge in [-0.1, -0.05) is 12.1 Å². The fourth-order valence-electron chi connectivity index (χ4n) is 8.73. The molecular weight excluding hydrogens is 740 g/mol. The summed E-state index contributed by atoms with van der Waals surface area (Å²) in [6.45, 7) is 2.45. The van der Waals surface area contributed by atoms with E-state index < -0.39 is 47.1 Å². The SMILES string of the molecule is CN(Cc1cc(F)c2c(c1)C(=O)N(C1CCC(=O)NC1=O)C2=O)C1CCN(c2cccc(-c3cnn4ccc(N5CCC[C@@H]5c5ccc(F)cc5F)nc34)n2)CC1. The first-order chi connectivity index (χ1) is 27.5. The number of pyridine rings is 1. The van der Waals surface area contributed by atoms with Crippen molar-refractivity contribution < 1.29 is 32.3 Å². The topological polar surface area (TPSA) is 136 Å². The molecule has 4 aliphatic rings. The Morgan fingerprint density at radius 3 is 2.44 bits per heavy atom. The molecule has 0 spiro atoms. The normalized spacial score (nSPS) is 20.3. The number of amides is 4. The molecule has 1 unspecified atom stereocenters. The Morgan fingerprint density at radius 2 is 1.65 bits per heavy atom. The number of carbonyl (C=O) groups is 4. The fraction of sp³-hybridized carbons (Fsp3) is 0.341. The summed E-state index contributed by atoms with van der Waals surface area (Å²) in [7, 11) is 1.94. The molecule has 3 aromatic heterocycles. The van der Waals surface area contributed by atoms with Crippen LogP contribution >= 0.6 is 0 Å². The lowest BCUT2D eigenvalue weighted by molar-refractivity contribution is -0.136. The van der Waals surface area contributed by atoms with Crippen LogP contribution < -0.4 is 15.1 Å². The number of aromatic nitrogens is 4. The molecule has 0 saturated carbocycles. The summed E-state index contributed by atoms with van der Waals surface area (Å²) < 4.78 is 45.6. The van der Waals surface area contributed by atoms with E-state index in [0.717, 1.165) is 48.0 Å². The molecule has 3 saturated heterocycles. The van der Waals surface area contributed by atoms with E-state index in [1.165, 1.54) is 24.3 Å². The molecule has 57 heavy (non-hydrogen) atoms. The Balaban J connectivity index is 0.868. The number of piperidine rings is 2. The second-order valence-electron chi connectivity index (χ2n) is 15.1. The average molecular weight is 778 g/mol. The van der Waals surface area contributed by atoms with Crippen LogP contribution in [0.25, 0.3) is 16.9 Å². The van der Waals surface area contributed by atoms with Crippen LogP contribution in [0.5, 0.6) is 0 Å². The van der Waals surface area contributed by atoms with Gasteiger partial charge in [0.05, 0.1) is 34.6 Å². The Hall–Kier alpha value is -6.16. The van der Waals surface area contributed by atoms with Gasteiger partial charge in [0.2, 0.25) is 11.8 Å². The number of imide groups is 2. The molecule has 16 heteroatoms. The van der Waals surface area contributed by atoms with Crippen molar-refractivity contribution in [2.75, 3.05) is 36.5 Å². The van der Waals surface area contributed by atoms with Crippen LogP contribution in [-0.4, -0.2) is 91.8 Å². The summed E-state index contributed by atoms with van der Waals surface area (Å²) >= 11 is 0. The first-order valence-corrected chi connectivity index (χ1v) is 19.1. The van der Waals surface area contributed by atoms with Gasteiger partial charge in [0.15, 0.2) is 5.65 Å².